The Hall–Kier alpha value is 1.21. The van der Waals surface area contributed by atoms with Crippen molar-refractivity contribution in [2.45, 2.75) is 0 Å². The van der Waals surface area contributed by atoms with Crippen molar-refractivity contribution in [1.82, 2.24) is 0 Å². The van der Waals surface area contributed by atoms with Gasteiger partial charge in [0.25, 0.3) is 0 Å². The van der Waals surface area contributed by atoms with Crippen molar-refractivity contribution >= 4 is 0 Å². The molecule has 0 aliphatic rings. The van der Waals surface area contributed by atoms with E-state index >= 15 is 0 Å². The normalized spacial score (nSPS) is 2.00. The van der Waals surface area contributed by atoms with E-state index in [1.807, 2.05) is 0 Å². The van der Waals surface area contributed by atoms with Crippen LogP contribution in [0.2, 0.25) is 0 Å². The van der Waals surface area contributed by atoms with E-state index in [1.165, 1.54) is 0 Å². The molecule has 0 saturated heterocycles. The van der Waals surface area contributed by atoms with Crippen molar-refractivity contribution in [2.24, 2.45) is 0 Å². The van der Waals surface area contributed by atoms with Crippen LogP contribution < -0.4 is 24.8 Å². The van der Waals surface area contributed by atoms with Gasteiger partial charge in [0.15, 0.2) is 0 Å². The summed E-state index contributed by atoms with van der Waals surface area (Å²) in [6, 6.07) is 0. The van der Waals surface area contributed by atoms with Crippen LogP contribution in [0.4, 0.5) is 0 Å². The minimum atomic E-state index is -1.50. The maximum atomic E-state index is 7.25. The summed E-state index contributed by atoms with van der Waals surface area (Å²) in [5.74, 6) is 0. The molecular formula is H2Cl2O2Ti. The third kappa shape index (κ3) is 36.5. The van der Waals surface area contributed by atoms with Crippen molar-refractivity contribution in [3.8, 4) is 0 Å². The Balaban J connectivity index is -0.0000000200. The molecule has 0 heterocycles. The van der Waals surface area contributed by atoms with Gasteiger partial charge in [-0.05, 0) is 0 Å². The third-order valence-corrected chi connectivity index (χ3v) is 0. The van der Waals surface area contributed by atoms with Gasteiger partial charge in [0, 0.05) is 0 Å². The monoisotopic (exact) mass is 152 g/mol. The molecule has 0 aromatic rings. The molecule has 0 aliphatic carbocycles. The molecule has 0 atom stereocenters. The van der Waals surface area contributed by atoms with Gasteiger partial charge in [-0.3, -0.25) is 0 Å². The zero-order valence-electron chi connectivity index (χ0n) is 2.15. The molecule has 32 valence electrons. The molecule has 5 heteroatoms. The Morgan fingerprint density at radius 2 is 1.00 bits per heavy atom. The Labute approximate surface area is 52.3 Å². The van der Waals surface area contributed by atoms with Crippen molar-refractivity contribution < 1.29 is 52.1 Å². The van der Waals surface area contributed by atoms with Gasteiger partial charge in [0.2, 0.25) is 0 Å². The number of halogens is 2. The molecular weight excluding hydrogens is 151 g/mol. The van der Waals surface area contributed by atoms with Gasteiger partial charge >= 0.3 is 27.3 Å². The fraction of sp³-hybridized carbons (Fsp3) is 0. The Morgan fingerprint density at radius 1 is 1.00 bits per heavy atom. The van der Waals surface area contributed by atoms with Gasteiger partial charge in [0.1, 0.15) is 0 Å². The Bertz CT molecular complexity index is 7.61. The van der Waals surface area contributed by atoms with E-state index in [9.17, 15) is 0 Å². The summed E-state index contributed by atoms with van der Waals surface area (Å²) in [4.78, 5) is 0. The van der Waals surface area contributed by atoms with Gasteiger partial charge < -0.3 is 24.8 Å². The van der Waals surface area contributed by atoms with E-state index in [4.69, 9.17) is 7.38 Å². The summed E-state index contributed by atoms with van der Waals surface area (Å²) < 4.78 is 14.5. The van der Waals surface area contributed by atoms with Gasteiger partial charge in [-0.2, -0.15) is 0 Å². The quantitative estimate of drug-likeness (QED) is 0.339. The molecule has 2 N–H and O–H groups in total. The van der Waals surface area contributed by atoms with Gasteiger partial charge in [-0.15, -0.1) is 0 Å². The predicted molar refractivity (Wildman–Crippen MR) is 4.44 cm³/mol. The molecule has 0 aromatic carbocycles. The molecule has 0 rings (SSSR count). The first kappa shape index (κ1) is 16.4. The van der Waals surface area contributed by atoms with Crippen molar-refractivity contribution in [3.05, 3.63) is 0 Å². The number of hydrogen-bond acceptors (Lipinski definition) is 2. The fourth-order valence-corrected chi connectivity index (χ4v) is 0. The molecule has 0 unspecified atom stereocenters. The van der Waals surface area contributed by atoms with Crippen LogP contribution in [0.3, 0.4) is 0 Å². The summed E-state index contributed by atoms with van der Waals surface area (Å²) in [6.45, 7) is 0. The van der Waals surface area contributed by atoms with Crippen LogP contribution in [0.25, 0.3) is 0 Å². The van der Waals surface area contributed by atoms with E-state index in [-0.39, 0.29) is 24.8 Å². The zero-order chi connectivity index (χ0) is 2.71. The second-order valence-corrected chi connectivity index (χ2v) is 0.412. The number of hydrogen-bond donors (Lipinski definition) is 2. The standard InChI is InChI=1S/2ClH.2H2O.Ti/h2*1H;2*1H2;/q;;;;+4/p-4. The van der Waals surface area contributed by atoms with E-state index in [0.717, 1.165) is 0 Å². The summed E-state index contributed by atoms with van der Waals surface area (Å²) in [5, 5.41) is 0. The summed E-state index contributed by atoms with van der Waals surface area (Å²) in [7, 11) is 0. The molecule has 0 aliphatic heterocycles. The van der Waals surface area contributed by atoms with Crippen molar-refractivity contribution in [2.75, 3.05) is 0 Å². The number of rotatable bonds is 0. The van der Waals surface area contributed by atoms with Crippen LogP contribution in [0.5, 0.6) is 0 Å². The van der Waals surface area contributed by atoms with Gasteiger partial charge in [-0.25, -0.2) is 0 Å². The van der Waals surface area contributed by atoms with Crippen LogP contribution in [-0.2, 0) is 19.9 Å². The molecule has 0 spiro atoms. The van der Waals surface area contributed by atoms with E-state index in [2.05, 4.69) is 0 Å². The molecule has 0 bridgehead atoms. The SMILES string of the molecule is [Cl-].[Cl-].[OH][Ti+2][OH]. The molecule has 0 aromatic heterocycles. The average molecular weight is 153 g/mol. The first-order chi connectivity index (χ1) is 1.41. The molecule has 5 heavy (non-hydrogen) atoms. The van der Waals surface area contributed by atoms with Crippen LogP contribution in [0.1, 0.15) is 0 Å². The van der Waals surface area contributed by atoms with Crippen LogP contribution in [0.15, 0.2) is 0 Å². The average Bonchev–Trinajstić information content (AvgIpc) is 0.918. The van der Waals surface area contributed by atoms with Crippen molar-refractivity contribution in [1.29, 1.82) is 0 Å². The molecule has 2 nitrogen and oxygen atoms in total. The fourth-order valence-electron chi connectivity index (χ4n) is 0. The van der Waals surface area contributed by atoms with E-state index in [1.54, 1.807) is 0 Å². The van der Waals surface area contributed by atoms with Crippen LogP contribution in [-0.4, -0.2) is 7.38 Å². The van der Waals surface area contributed by atoms with Crippen LogP contribution in [0, 0.1) is 0 Å². The van der Waals surface area contributed by atoms with E-state index in [0.29, 0.717) is 0 Å². The first-order valence-electron chi connectivity index (χ1n) is 0.447. The Morgan fingerprint density at radius 3 is 1.00 bits per heavy atom. The third-order valence-electron chi connectivity index (χ3n) is 0. The van der Waals surface area contributed by atoms with Crippen molar-refractivity contribution in [3.63, 3.8) is 0 Å². The summed E-state index contributed by atoms with van der Waals surface area (Å²) in [5.41, 5.74) is 0. The second-order valence-electron chi connectivity index (χ2n) is 0.100. The van der Waals surface area contributed by atoms with Gasteiger partial charge in [-0.1, -0.05) is 0 Å². The first-order valence-corrected chi connectivity index (χ1v) is 1.84. The second kappa shape index (κ2) is 18.9. The van der Waals surface area contributed by atoms with Gasteiger partial charge in [0.05, 0.1) is 0 Å². The summed E-state index contributed by atoms with van der Waals surface area (Å²) in [6.07, 6.45) is 0. The molecule has 0 saturated carbocycles. The summed E-state index contributed by atoms with van der Waals surface area (Å²) >= 11 is -1.50. The van der Waals surface area contributed by atoms with Crippen LogP contribution >= 0.6 is 0 Å². The molecule has 0 amide bonds. The molecule has 0 radical (unpaired) electrons. The van der Waals surface area contributed by atoms with E-state index < -0.39 is 19.9 Å². The topological polar surface area (TPSA) is 40.5 Å². The minimum absolute atomic E-state index is 0. The Kier molecular flexibility index (Phi) is 61.8. The maximum absolute atomic E-state index is 7.25. The predicted octanol–water partition coefficient (Wildman–Crippen LogP) is -7.11. The zero-order valence-corrected chi connectivity index (χ0v) is 5.22. The molecule has 0 fully saturated rings.